The van der Waals surface area contributed by atoms with E-state index in [1.165, 1.54) is 0 Å². The Morgan fingerprint density at radius 2 is 2.17 bits per heavy atom. The van der Waals surface area contributed by atoms with Crippen molar-refractivity contribution in [3.63, 3.8) is 0 Å². The lowest BCUT2D eigenvalue weighted by molar-refractivity contribution is -0.385. The van der Waals surface area contributed by atoms with E-state index in [9.17, 15) is 10.1 Å². The summed E-state index contributed by atoms with van der Waals surface area (Å²) < 4.78 is 0. The van der Waals surface area contributed by atoms with E-state index in [1.807, 2.05) is 13.8 Å². The van der Waals surface area contributed by atoms with Crippen LogP contribution >= 0.6 is 11.6 Å². The zero-order chi connectivity index (χ0) is 13.5. The summed E-state index contributed by atoms with van der Waals surface area (Å²) in [6.07, 6.45) is 3.82. The molecule has 5 nitrogen and oxygen atoms in total. The molecule has 0 aliphatic rings. The van der Waals surface area contributed by atoms with E-state index in [0.717, 1.165) is 12.8 Å². The summed E-state index contributed by atoms with van der Waals surface area (Å²) in [7, 11) is 0. The maximum absolute atomic E-state index is 11.2. The maximum atomic E-state index is 11.2. The maximum Gasteiger partial charge on any atom is 0.313 e. The normalized spacial score (nSPS) is 10.7. The quantitative estimate of drug-likeness (QED) is 0.469. The standard InChI is InChI=1S/C12H18ClN3O2/c1-3-9(4-2)15-11-6-8-14-10(5-7-13)12(11)16(17)18/h6,8-9H,3-5,7H2,1-2H3,(H,14,15). The Bertz CT molecular complexity index is 408. The van der Waals surface area contributed by atoms with Crippen LogP contribution in [-0.2, 0) is 6.42 Å². The summed E-state index contributed by atoms with van der Waals surface area (Å²) in [6, 6.07) is 1.88. The van der Waals surface area contributed by atoms with Gasteiger partial charge in [-0.05, 0) is 18.9 Å². The molecule has 0 unspecified atom stereocenters. The highest BCUT2D eigenvalue weighted by atomic mass is 35.5. The Morgan fingerprint density at radius 3 is 2.67 bits per heavy atom. The van der Waals surface area contributed by atoms with Gasteiger partial charge in [0.05, 0.1) is 4.92 Å². The fourth-order valence-electron chi connectivity index (χ4n) is 1.80. The second-order valence-electron chi connectivity index (χ2n) is 4.01. The molecule has 18 heavy (non-hydrogen) atoms. The summed E-state index contributed by atoms with van der Waals surface area (Å²) in [5, 5.41) is 14.4. The number of halogens is 1. The zero-order valence-electron chi connectivity index (χ0n) is 10.6. The third-order valence-corrected chi connectivity index (χ3v) is 3.05. The molecule has 0 spiro atoms. The van der Waals surface area contributed by atoms with Crippen molar-refractivity contribution in [2.75, 3.05) is 11.2 Å². The minimum absolute atomic E-state index is 0.0463. The van der Waals surface area contributed by atoms with Crippen LogP contribution in [0.5, 0.6) is 0 Å². The van der Waals surface area contributed by atoms with Crippen molar-refractivity contribution in [3.8, 4) is 0 Å². The summed E-state index contributed by atoms with van der Waals surface area (Å²) in [5.74, 6) is 0.322. The number of alkyl halides is 1. The van der Waals surface area contributed by atoms with Crippen LogP contribution in [0.3, 0.4) is 0 Å². The molecule has 1 aromatic rings. The van der Waals surface area contributed by atoms with Gasteiger partial charge >= 0.3 is 5.69 Å². The van der Waals surface area contributed by atoms with Gasteiger partial charge in [-0.25, -0.2) is 0 Å². The number of hydrogen-bond donors (Lipinski definition) is 1. The van der Waals surface area contributed by atoms with Crippen LogP contribution in [0.4, 0.5) is 11.4 Å². The van der Waals surface area contributed by atoms with Gasteiger partial charge < -0.3 is 5.32 Å². The van der Waals surface area contributed by atoms with Crippen LogP contribution in [0, 0.1) is 10.1 Å². The van der Waals surface area contributed by atoms with E-state index < -0.39 is 0 Å². The van der Waals surface area contributed by atoms with E-state index in [1.54, 1.807) is 12.3 Å². The molecule has 100 valence electrons. The van der Waals surface area contributed by atoms with E-state index in [4.69, 9.17) is 11.6 Å². The molecule has 0 aliphatic heterocycles. The van der Waals surface area contributed by atoms with Crippen LogP contribution in [0.15, 0.2) is 12.3 Å². The van der Waals surface area contributed by atoms with Gasteiger partial charge in [0.1, 0.15) is 11.4 Å². The van der Waals surface area contributed by atoms with E-state index in [-0.39, 0.29) is 16.7 Å². The molecule has 1 aromatic heterocycles. The number of pyridine rings is 1. The Morgan fingerprint density at radius 1 is 1.50 bits per heavy atom. The lowest BCUT2D eigenvalue weighted by atomic mass is 10.1. The van der Waals surface area contributed by atoms with Crippen LogP contribution in [-0.4, -0.2) is 21.8 Å². The van der Waals surface area contributed by atoms with Crippen molar-refractivity contribution in [2.45, 2.75) is 39.2 Å². The molecule has 1 N–H and O–H groups in total. The molecule has 0 amide bonds. The molecule has 0 radical (unpaired) electrons. The number of nitrogens with one attached hydrogen (secondary N) is 1. The van der Waals surface area contributed by atoms with Crippen molar-refractivity contribution in [1.29, 1.82) is 0 Å². The van der Waals surface area contributed by atoms with Crippen molar-refractivity contribution >= 4 is 23.0 Å². The number of hydrogen-bond acceptors (Lipinski definition) is 4. The first-order valence-electron chi connectivity index (χ1n) is 6.08. The molecule has 1 heterocycles. The molecule has 0 bridgehead atoms. The fourth-order valence-corrected chi connectivity index (χ4v) is 1.98. The molecule has 0 atom stereocenters. The molecule has 1 rings (SSSR count). The van der Waals surface area contributed by atoms with Crippen molar-refractivity contribution < 1.29 is 4.92 Å². The minimum Gasteiger partial charge on any atom is -0.377 e. The van der Waals surface area contributed by atoms with Crippen molar-refractivity contribution in [1.82, 2.24) is 4.98 Å². The topological polar surface area (TPSA) is 68.1 Å². The van der Waals surface area contributed by atoms with Gasteiger partial charge in [0.15, 0.2) is 0 Å². The number of nitro groups is 1. The fraction of sp³-hybridized carbons (Fsp3) is 0.583. The highest BCUT2D eigenvalue weighted by Crippen LogP contribution is 2.28. The molecular weight excluding hydrogens is 254 g/mol. The van der Waals surface area contributed by atoms with E-state index in [2.05, 4.69) is 10.3 Å². The molecule has 0 aromatic carbocycles. The van der Waals surface area contributed by atoms with Gasteiger partial charge in [0.2, 0.25) is 0 Å². The van der Waals surface area contributed by atoms with Gasteiger partial charge in [-0.2, -0.15) is 0 Å². The minimum atomic E-state index is -0.389. The molecular formula is C12H18ClN3O2. The van der Waals surface area contributed by atoms with Crippen LogP contribution in [0.1, 0.15) is 32.4 Å². The number of rotatable bonds is 7. The van der Waals surface area contributed by atoms with Gasteiger partial charge in [-0.1, -0.05) is 13.8 Å². The van der Waals surface area contributed by atoms with Crippen LogP contribution < -0.4 is 5.32 Å². The summed E-state index contributed by atoms with van der Waals surface area (Å²) in [4.78, 5) is 14.8. The average molecular weight is 272 g/mol. The molecule has 0 fully saturated rings. The summed E-state index contributed by atoms with van der Waals surface area (Å²) in [6.45, 7) is 4.10. The lowest BCUT2D eigenvalue weighted by Gasteiger charge is -2.16. The number of aryl methyl sites for hydroxylation is 1. The molecule has 0 saturated carbocycles. The number of nitrogens with zero attached hydrogens (tertiary/aromatic N) is 2. The average Bonchev–Trinajstić information content (AvgIpc) is 2.36. The van der Waals surface area contributed by atoms with Crippen LogP contribution in [0.25, 0.3) is 0 Å². The number of anilines is 1. The van der Waals surface area contributed by atoms with Gasteiger partial charge in [0, 0.05) is 24.5 Å². The summed E-state index contributed by atoms with van der Waals surface area (Å²) >= 11 is 5.64. The Hall–Kier alpha value is -1.36. The van der Waals surface area contributed by atoms with Gasteiger partial charge in [-0.15, -0.1) is 11.6 Å². The van der Waals surface area contributed by atoms with Crippen LogP contribution in [0.2, 0.25) is 0 Å². The first-order valence-corrected chi connectivity index (χ1v) is 6.62. The third kappa shape index (κ3) is 3.57. The van der Waals surface area contributed by atoms with Gasteiger partial charge in [0.25, 0.3) is 0 Å². The smallest absolute Gasteiger partial charge is 0.313 e. The first-order chi connectivity index (χ1) is 8.63. The highest BCUT2D eigenvalue weighted by Gasteiger charge is 2.21. The summed E-state index contributed by atoms with van der Waals surface area (Å²) in [5.41, 5.74) is 1.01. The Balaban J connectivity index is 3.09. The SMILES string of the molecule is CCC(CC)Nc1ccnc(CCCl)c1[N+](=O)[O-]. The van der Waals surface area contributed by atoms with Gasteiger partial charge in [-0.3, -0.25) is 15.1 Å². The molecule has 0 saturated heterocycles. The molecule has 0 aliphatic carbocycles. The first kappa shape index (κ1) is 14.7. The highest BCUT2D eigenvalue weighted by molar-refractivity contribution is 6.18. The Kier molecular flexibility index (Phi) is 5.85. The zero-order valence-corrected chi connectivity index (χ0v) is 11.4. The molecule has 6 heteroatoms. The monoisotopic (exact) mass is 271 g/mol. The van der Waals surface area contributed by atoms with E-state index >= 15 is 0 Å². The predicted octanol–water partition coefficient (Wildman–Crippen LogP) is 3.37. The van der Waals surface area contributed by atoms with E-state index in [0.29, 0.717) is 23.7 Å². The van der Waals surface area contributed by atoms with Crippen molar-refractivity contribution in [3.05, 3.63) is 28.1 Å². The third-order valence-electron chi connectivity index (χ3n) is 2.86. The Labute approximate surface area is 112 Å². The largest absolute Gasteiger partial charge is 0.377 e. The second-order valence-corrected chi connectivity index (χ2v) is 4.39. The second kappa shape index (κ2) is 7.16. The predicted molar refractivity (Wildman–Crippen MR) is 73.3 cm³/mol. The lowest BCUT2D eigenvalue weighted by Crippen LogP contribution is -2.18. The number of aromatic nitrogens is 1. The van der Waals surface area contributed by atoms with Crippen molar-refractivity contribution in [2.24, 2.45) is 0 Å².